The number of rotatable bonds is 7. The van der Waals surface area contributed by atoms with Crippen molar-refractivity contribution >= 4 is 17.4 Å². The molecule has 0 aliphatic heterocycles. The molecule has 0 radical (unpaired) electrons. The summed E-state index contributed by atoms with van der Waals surface area (Å²) in [6.45, 7) is 1.06. The maximum absolute atomic E-state index is 11.9. The molecule has 0 aliphatic rings. The predicted molar refractivity (Wildman–Crippen MR) is 102 cm³/mol. The van der Waals surface area contributed by atoms with Crippen LogP contribution < -0.4 is 10.6 Å². The summed E-state index contributed by atoms with van der Waals surface area (Å²) in [4.78, 5) is 16.1. The van der Waals surface area contributed by atoms with Crippen LogP contribution in [-0.2, 0) is 6.54 Å². The standard InChI is InChI=1S/C20H21N3OS/c24-20(22-13-18-14-25-15-23-18)21-12-11-19(16-7-3-1-4-8-16)17-9-5-2-6-10-17/h1-10,14-15,19H,11-13H2,(H2,21,22,24). The van der Waals surface area contributed by atoms with Crippen LogP contribution in [0.5, 0.6) is 0 Å². The van der Waals surface area contributed by atoms with E-state index in [4.69, 9.17) is 0 Å². The van der Waals surface area contributed by atoms with Crippen molar-refractivity contribution in [2.24, 2.45) is 0 Å². The molecule has 2 aromatic carbocycles. The summed E-state index contributed by atoms with van der Waals surface area (Å²) in [6, 6.07) is 20.7. The third-order valence-electron chi connectivity index (χ3n) is 4.04. The molecule has 0 aliphatic carbocycles. The average Bonchev–Trinajstić information content (AvgIpc) is 3.19. The monoisotopic (exact) mass is 351 g/mol. The highest BCUT2D eigenvalue weighted by Crippen LogP contribution is 2.27. The van der Waals surface area contributed by atoms with E-state index in [1.54, 1.807) is 5.51 Å². The fourth-order valence-electron chi connectivity index (χ4n) is 2.78. The van der Waals surface area contributed by atoms with Gasteiger partial charge in [0.25, 0.3) is 0 Å². The van der Waals surface area contributed by atoms with Crippen molar-refractivity contribution in [1.82, 2.24) is 15.6 Å². The van der Waals surface area contributed by atoms with Crippen molar-refractivity contribution in [3.63, 3.8) is 0 Å². The number of carbonyl (C=O) groups is 1. The Morgan fingerprint density at radius 3 is 2.16 bits per heavy atom. The Bertz CT molecular complexity index is 721. The molecule has 5 heteroatoms. The molecular weight excluding hydrogens is 330 g/mol. The van der Waals surface area contributed by atoms with Gasteiger partial charge in [0.1, 0.15) is 0 Å². The first-order valence-electron chi connectivity index (χ1n) is 8.31. The molecule has 0 atom stereocenters. The predicted octanol–water partition coefficient (Wildman–Crippen LogP) is 4.16. The van der Waals surface area contributed by atoms with Gasteiger partial charge < -0.3 is 10.6 Å². The molecule has 25 heavy (non-hydrogen) atoms. The van der Waals surface area contributed by atoms with Crippen molar-refractivity contribution in [2.45, 2.75) is 18.9 Å². The summed E-state index contributed by atoms with van der Waals surface area (Å²) < 4.78 is 0. The lowest BCUT2D eigenvalue weighted by Gasteiger charge is -2.18. The van der Waals surface area contributed by atoms with E-state index in [1.165, 1.54) is 22.5 Å². The van der Waals surface area contributed by atoms with Crippen LogP contribution in [0.3, 0.4) is 0 Å². The fraction of sp³-hybridized carbons (Fsp3) is 0.200. The zero-order valence-electron chi connectivity index (χ0n) is 13.9. The summed E-state index contributed by atoms with van der Waals surface area (Å²) >= 11 is 1.53. The summed E-state index contributed by atoms with van der Waals surface area (Å²) in [7, 11) is 0. The van der Waals surface area contributed by atoms with Crippen molar-refractivity contribution in [3.05, 3.63) is 88.4 Å². The van der Waals surface area contributed by atoms with Crippen LogP contribution in [0.25, 0.3) is 0 Å². The summed E-state index contributed by atoms with van der Waals surface area (Å²) in [5, 5.41) is 7.70. The Hall–Kier alpha value is -2.66. The molecular formula is C20H21N3OS. The lowest BCUT2D eigenvalue weighted by atomic mass is 9.88. The zero-order valence-corrected chi connectivity index (χ0v) is 14.7. The van der Waals surface area contributed by atoms with Crippen LogP contribution in [-0.4, -0.2) is 17.6 Å². The minimum absolute atomic E-state index is 0.159. The first-order chi connectivity index (χ1) is 12.3. The Balaban J connectivity index is 1.55. The number of aromatic nitrogens is 1. The lowest BCUT2D eigenvalue weighted by Crippen LogP contribution is -2.36. The minimum Gasteiger partial charge on any atom is -0.338 e. The van der Waals surface area contributed by atoms with E-state index in [0.717, 1.165) is 12.1 Å². The van der Waals surface area contributed by atoms with Crippen LogP contribution in [0.15, 0.2) is 71.6 Å². The van der Waals surface area contributed by atoms with Gasteiger partial charge in [0.05, 0.1) is 17.7 Å². The Kier molecular flexibility index (Phi) is 6.17. The van der Waals surface area contributed by atoms with E-state index >= 15 is 0 Å². The topological polar surface area (TPSA) is 54.0 Å². The number of hydrogen-bond acceptors (Lipinski definition) is 3. The second-order valence-electron chi connectivity index (χ2n) is 5.75. The molecule has 0 unspecified atom stereocenters. The Morgan fingerprint density at radius 2 is 1.60 bits per heavy atom. The number of amides is 2. The summed E-state index contributed by atoms with van der Waals surface area (Å²) in [5.74, 6) is 0.265. The maximum atomic E-state index is 11.9. The van der Waals surface area contributed by atoms with Crippen molar-refractivity contribution in [2.75, 3.05) is 6.54 Å². The quantitative estimate of drug-likeness (QED) is 0.671. The zero-order chi connectivity index (χ0) is 17.3. The molecule has 2 amide bonds. The highest BCUT2D eigenvalue weighted by atomic mass is 32.1. The molecule has 1 heterocycles. The second kappa shape index (κ2) is 8.99. The van der Waals surface area contributed by atoms with Gasteiger partial charge in [-0.3, -0.25) is 0 Å². The molecule has 4 nitrogen and oxygen atoms in total. The smallest absolute Gasteiger partial charge is 0.315 e. The van der Waals surface area contributed by atoms with Gasteiger partial charge in [0, 0.05) is 17.8 Å². The number of benzene rings is 2. The fourth-order valence-corrected chi connectivity index (χ4v) is 3.34. The molecule has 0 saturated heterocycles. The highest BCUT2D eigenvalue weighted by Gasteiger charge is 2.14. The maximum Gasteiger partial charge on any atom is 0.315 e. The Morgan fingerprint density at radius 1 is 0.960 bits per heavy atom. The average molecular weight is 351 g/mol. The number of hydrogen-bond donors (Lipinski definition) is 2. The lowest BCUT2D eigenvalue weighted by molar-refractivity contribution is 0.240. The molecule has 3 aromatic rings. The van der Waals surface area contributed by atoms with E-state index in [2.05, 4.69) is 64.1 Å². The molecule has 0 fully saturated rings. The van der Waals surface area contributed by atoms with Crippen molar-refractivity contribution < 1.29 is 4.79 Å². The third-order valence-corrected chi connectivity index (χ3v) is 4.67. The van der Waals surface area contributed by atoms with Crippen LogP contribution in [0.2, 0.25) is 0 Å². The number of thiazole rings is 1. The molecule has 128 valence electrons. The molecule has 2 N–H and O–H groups in total. The van der Waals surface area contributed by atoms with E-state index < -0.39 is 0 Å². The number of carbonyl (C=O) groups excluding carboxylic acids is 1. The molecule has 0 saturated carbocycles. The first kappa shape index (κ1) is 17.2. The van der Waals surface area contributed by atoms with Gasteiger partial charge in [-0.1, -0.05) is 60.7 Å². The van der Waals surface area contributed by atoms with E-state index in [0.29, 0.717) is 13.1 Å². The van der Waals surface area contributed by atoms with Gasteiger partial charge in [-0.25, -0.2) is 9.78 Å². The number of urea groups is 1. The van der Waals surface area contributed by atoms with Gasteiger partial charge in [-0.2, -0.15) is 0 Å². The summed E-state index contributed by atoms with van der Waals surface area (Å²) in [5.41, 5.74) is 5.17. The molecule has 1 aromatic heterocycles. The molecule has 0 bridgehead atoms. The van der Waals surface area contributed by atoms with Crippen LogP contribution in [0, 0.1) is 0 Å². The number of nitrogens with one attached hydrogen (secondary N) is 2. The van der Waals surface area contributed by atoms with Crippen LogP contribution >= 0.6 is 11.3 Å². The van der Waals surface area contributed by atoms with Gasteiger partial charge >= 0.3 is 6.03 Å². The van der Waals surface area contributed by atoms with Gasteiger partial charge in [-0.15, -0.1) is 11.3 Å². The van der Waals surface area contributed by atoms with Crippen LogP contribution in [0.4, 0.5) is 4.79 Å². The summed E-state index contributed by atoms with van der Waals surface area (Å²) in [6.07, 6.45) is 0.845. The van der Waals surface area contributed by atoms with Crippen molar-refractivity contribution in [1.29, 1.82) is 0 Å². The SMILES string of the molecule is O=C(NCCC(c1ccccc1)c1ccccc1)NCc1cscn1. The minimum atomic E-state index is -0.159. The van der Waals surface area contributed by atoms with Gasteiger partial charge in [0.2, 0.25) is 0 Å². The second-order valence-corrected chi connectivity index (χ2v) is 6.47. The first-order valence-corrected chi connectivity index (χ1v) is 9.26. The Labute approximate surface area is 151 Å². The normalized spacial score (nSPS) is 10.6. The van der Waals surface area contributed by atoms with Crippen LogP contribution in [0.1, 0.15) is 29.2 Å². The van der Waals surface area contributed by atoms with Crippen molar-refractivity contribution in [3.8, 4) is 0 Å². The molecule has 0 spiro atoms. The van der Waals surface area contributed by atoms with E-state index in [1.807, 2.05) is 17.5 Å². The van der Waals surface area contributed by atoms with Gasteiger partial charge in [0.15, 0.2) is 0 Å². The largest absolute Gasteiger partial charge is 0.338 e. The van der Waals surface area contributed by atoms with E-state index in [9.17, 15) is 4.79 Å². The highest BCUT2D eigenvalue weighted by molar-refractivity contribution is 7.07. The van der Waals surface area contributed by atoms with E-state index in [-0.39, 0.29) is 11.9 Å². The number of nitrogens with zero attached hydrogens (tertiary/aromatic N) is 1. The molecule has 3 rings (SSSR count). The third kappa shape index (κ3) is 5.16. The van der Waals surface area contributed by atoms with Gasteiger partial charge in [-0.05, 0) is 17.5 Å².